The van der Waals surface area contributed by atoms with Gasteiger partial charge in [0.05, 0.1) is 5.56 Å². The highest BCUT2D eigenvalue weighted by molar-refractivity contribution is 7.13. The number of benzene rings is 2. The number of aryl methyl sites for hydroxylation is 2. The Morgan fingerprint density at radius 3 is 2.66 bits per heavy atom. The standard InChI is InChI=1S/C23H22N2O3S/c1-13-4-9-19(22-18(26)10-14(2)21(13)22)28-11-20(27)25-17-7-5-16(6-8-17)23-24-15(3)12-29-23/h4-9,12,14H,10-11H2,1-3H3,(H,25,27). The van der Waals surface area contributed by atoms with Gasteiger partial charge in [0.1, 0.15) is 10.8 Å². The number of ketones is 1. The molecule has 4 rings (SSSR count). The van der Waals surface area contributed by atoms with Crippen LogP contribution in [0.3, 0.4) is 0 Å². The maximum absolute atomic E-state index is 12.4. The Hall–Kier alpha value is -2.99. The number of carbonyl (C=O) groups is 2. The van der Waals surface area contributed by atoms with Crippen molar-refractivity contribution < 1.29 is 14.3 Å². The number of nitrogens with one attached hydrogen (secondary N) is 1. The first-order chi connectivity index (χ1) is 13.9. The molecular formula is C23H22N2O3S. The van der Waals surface area contributed by atoms with E-state index in [1.165, 1.54) is 0 Å². The summed E-state index contributed by atoms with van der Waals surface area (Å²) < 4.78 is 5.71. The third kappa shape index (κ3) is 3.93. The van der Waals surface area contributed by atoms with E-state index in [2.05, 4.69) is 10.3 Å². The van der Waals surface area contributed by atoms with Crippen molar-refractivity contribution >= 4 is 28.7 Å². The molecule has 0 spiro atoms. The Morgan fingerprint density at radius 2 is 1.97 bits per heavy atom. The zero-order valence-electron chi connectivity index (χ0n) is 16.6. The minimum atomic E-state index is -0.268. The zero-order valence-corrected chi connectivity index (χ0v) is 17.4. The molecule has 148 valence electrons. The molecule has 0 aliphatic heterocycles. The van der Waals surface area contributed by atoms with Crippen LogP contribution in [-0.4, -0.2) is 23.3 Å². The Bertz CT molecular complexity index is 1090. The molecule has 1 unspecified atom stereocenters. The van der Waals surface area contributed by atoms with E-state index in [4.69, 9.17) is 4.74 Å². The van der Waals surface area contributed by atoms with Crippen LogP contribution in [0.1, 0.15) is 46.4 Å². The Morgan fingerprint density at radius 1 is 1.21 bits per heavy atom. The van der Waals surface area contributed by atoms with Crippen LogP contribution in [0, 0.1) is 13.8 Å². The van der Waals surface area contributed by atoms with Crippen LogP contribution in [0.4, 0.5) is 5.69 Å². The predicted octanol–water partition coefficient (Wildman–Crippen LogP) is 5.13. The van der Waals surface area contributed by atoms with Gasteiger partial charge in [0.15, 0.2) is 12.4 Å². The second-order valence-corrected chi connectivity index (χ2v) is 8.26. The SMILES string of the molecule is Cc1csc(-c2ccc(NC(=O)COc3ccc(C)c4c3C(=O)CC4C)cc2)n1. The Kier molecular flexibility index (Phi) is 5.20. The first-order valence-electron chi connectivity index (χ1n) is 9.54. The third-order valence-corrected chi connectivity index (χ3v) is 6.09. The first kappa shape index (κ1) is 19.3. The van der Waals surface area contributed by atoms with Crippen molar-refractivity contribution in [3.63, 3.8) is 0 Å². The second-order valence-electron chi connectivity index (χ2n) is 7.41. The molecule has 1 amide bonds. The summed E-state index contributed by atoms with van der Waals surface area (Å²) >= 11 is 1.59. The molecule has 29 heavy (non-hydrogen) atoms. The van der Waals surface area contributed by atoms with E-state index in [0.717, 1.165) is 27.4 Å². The quantitative estimate of drug-likeness (QED) is 0.637. The molecule has 1 atom stereocenters. The number of aromatic nitrogens is 1. The number of amides is 1. The number of fused-ring (bicyclic) bond motifs is 1. The van der Waals surface area contributed by atoms with Gasteiger partial charge in [0.25, 0.3) is 5.91 Å². The summed E-state index contributed by atoms with van der Waals surface area (Å²) in [7, 11) is 0. The molecule has 1 N–H and O–H groups in total. The lowest BCUT2D eigenvalue weighted by molar-refractivity contribution is -0.118. The van der Waals surface area contributed by atoms with E-state index in [1.807, 2.05) is 56.5 Å². The lowest BCUT2D eigenvalue weighted by atomic mass is 9.97. The van der Waals surface area contributed by atoms with Crippen LogP contribution in [0.25, 0.3) is 10.6 Å². The maximum Gasteiger partial charge on any atom is 0.262 e. The van der Waals surface area contributed by atoms with E-state index in [1.54, 1.807) is 17.4 Å². The van der Waals surface area contributed by atoms with Crippen molar-refractivity contribution in [2.24, 2.45) is 0 Å². The van der Waals surface area contributed by atoms with Gasteiger partial charge in [-0.1, -0.05) is 13.0 Å². The Balaban J connectivity index is 1.41. The largest absolute Gasteiger partial charge is 0.483 e. The van der Waals surface area contributed by atoms with Crippen LogP contribution in [0.2, 0.25) is 0 Å². The number of hydrogen-bond donors (Lipinski definition) is 1. The van der Waals surface area contributed by atoms with Gasteiger partial charge in [-0.05, 0) is 61.2 Å². The summed E-state index contributed by atoms with van der Waals surface area (Å²) in [5, 5.41) is 5.79. The number of carbonyl (C=O) groups excluding carboxylic acids is 2. The summed E-state index contributed by atoms with van der Waals surface area (Å²) in [5.74, 6) is 0.495. The highest BCUT2D eigenvalue weighted by atomic mass is 32.1. The minimum Gasteiger partial charge on any atom is -0.483 e. The van der Waals surface area contributed by atoms with Gasteiger partial charge >= 0.3 is 0 Å². The van der Waals surface area contributed by atoms with Gasteiger partial charge < -0.3 is 10.1 Å². The van der Waals surface area contributed by atoms with Gasteiger partial charge in [-0.2, -0.15) is 0 Å². The van der Waals surface area contributed by atoms with E-state index < -0.39 is 0 Å². The van der Waals surface area contributed by atoms with Crippen molar-refractivity contribution in [3.05, 3.63) is 64.2 Å². The topological polar surface area (TPSA) is 68.3 Å². The summed E-state index contributed by atoms with van der Waals surface area (Å²) in [6.45, 7) is 5.86. The number of rotatable bonds is 5. The molecule has 6 heteroatoms. The summed E-state index contributed by atoms with van der Waals surface area (Å²) in [4.78, 5) is 29.1. The second kappa shape index (κ2) is 7.79. The van der Waals surface area contributed by atoms with Crippen molar-refractivity contribution in [3.8, 4) is 16.3 Å². The zero-order chi connectivity index (χ0) is 20.5. The van der Waals surface area contributed by atoms with Crippen LogP contribution in [-0.2, 0) is 4.79 Å². The van der Waals surface area contributed by atoms with Gasteiger partial charge in [0.2, 0.25) is 0 Å². The smallest absolute Gasteiger partial charge is 0.262 e. The number of hydrogen-bond acceptors (Lipinski definition) is 5. The van der Waals surface area contributed by atoms with Gasteiger partial charge in [0, 0.05) is 28.7 Å². The summed E-state index contributed by atoms with van der Waals surface area (Å²) in [6.07, 6.45) is 0.494. The van der Waals surface area contributed by atoms with Crippen LogP contribution in [0.15, 0.2) is 41.8 Å². The normalized spacial score (nSPS) is 15.3. The fourth-order valence-corrected chi connectivity index (χ4v) is 4.56. The molecule has 0 bridgehead atoms. The van der Waals surface area contributed by atoms with Gasteiger partial charge in [-0.3, -0.25) is 9.59 Å². The fourth-order valence-electron chi connectivity index (χ4n) is 3.75. The number of Topliss-reactive ketones (excluding diaryl/α,β-unsaturated/α-hetero) is 1. The summed E-state index contributed by atoms with van der Waals surface area (Å²) in [5.41, 5.74) is 5.46. The number of thiazole rings is 1. The highest BCUT2D eigenvalue weighted by Gasteiger charge is 2.31. The van der Waals surface area contributed by atoms with Crippen LogP contribution in [0.5, 0.6) is 5.75 Å². The van der Waals surface area contributed by atoms with Gasteiger partial charge in [-0.25, -0.2) is 4.98 Å². The van der Waals surface area contributed by atoms with Crippen LogP contribution < -0.4 is 10.1 Å². The van der Waals surface area contributed by atoms with E-state index in [9.17, 15) is 9.59 Å². The lowest BCUT2D eigenvalue weighted by Crippen LogP contribution is -2.20. The van der Waals surface area contributed by atoms with Crippen molar-refractivity contribution in [2.75, 3.05) is 11.9 Å². The fraction of sp³-hybridized carbons (Fsp3) is 0.261. The monoisotopic (exact) mass is 406 g/mol. The van der Waals surface area contributed by atoms with Crippen molar-refractivity contribution in [1.29, 1.82) is 0 Å². The molecule has 1 heterocycles. The average molecular weight is 407 g/mol. The Labute approximate surface area is 173 Å². The number of nitrogens with zero attached hydrogens (tertiary/aromatic N) is 1. The molecule has 0 fully saturated rings. The summed E-state index contributed by atoms with van der Waals surface area (Å²) in [6, 6.07) is 11.3. The molecule has 5 nitrogen and oxygen atoms in total. The van der Waals surface area contributed by atoms with Gasteiger partial charge in [-0.15, -0.1) is 11.3 Å². The molecule has 1 aromatic heterocycles. The molecule has 1 aliphatic carbocycles. The number of ether oxygens (including phenoxy) is 1. The van der Waals surface area contributed by atoms with E-state index in [0.29, 0.717) is 23.4 Å². The molecule has 0 saturated heterocycles. The van der Waals surface area contributed by atoms with Crippen molar-refractivity contribution in [1.82, 2.24) is 4.98 Å². The minimum absolute atomic E-state index is 0.0830. The van der Waals surface area contributed by atoms with E-state index >= 15 is 0 Å². The maximum atomic E-state index is 12.4. The molecule has 0 saturated carbocycles. The highest BCUT2D eigenvalue weighted by Crippen LogP contribution is 2.40. The van der Waals surface area contributed by atoms with Crippen molar-refractivity contribution in [2.45, 2.75) is 33.1 Å². The third-order valence-electron chi connectivity index (χ3n) is 5.08. The number of anilines is 1. The molecule has 1 aliphatic rings. The predicted molar refractivity (Wildman–Crippen MR) is 115 cm³/mol. The van der Waals surface area contributed by atoms with E-state index in [-0.39, 0.29) is 24.2 Å². The first-order valence-corrected chi connectivity index (χ1v) is 10.4. The molecule has 2 aromatic carbocycles. The lowest BCUT2D eigenvalue weighted by Gasteiger charge is -2.13. The molecule has 0 radical (unpaired) electrons. The molecule has 3 aromatic rings. The molecular weight excluding hydrogens is 384 g/mol. The van der Waals surface area contributed by atoms with Crippen LogP contribution >= 0.6 is 11.3 Å². The average Bonchev–Trinajstić information content (AvgIpc) is 3.25.